The average molecular weight is 527 g/mol. The van der Waals surface area contributed by atoms with E-state index in [0.717, 1.165) is 13.0 Å². The summed E-state index contributed by atoms with van der Waals surface area (Å²) >= 11 is 0. The highest BCUT2D eigenvalue weighted by Gasteiger charge is 2.31. The minimum atomic E-state index is -1.21. The maximum Gasteiger partial charge on any atom is 0.325 e. The van der Waals surface area contributed by atoms with Crippen molar-refractivity contribution in [1.29, 1.82) is 0 Å². The van der Waals surface area contributed by atoms with Crippen molar-refractivity contribution < 1.29 is 33.9 Å². The van der Waals surface area contributed by atoms with Gasteiger partial charge in [-0.25, -0.2) is 0 Å². The second-order valence-corrected chi connectivity index (χ2v) is 10.1. The Morgan fingerprint density at radius 1 is 0.838 bits per heavy atom. The van der Waals surface area contributed by atoms with E-state index in [0.29, 0.717) is 12.8 Å². The van der Waals surface area contributed by atoms with Crippen LogP contribution in [0.3, 0.4) is 0 Å². The van der Waals surface area contributed by atoms with Crippen LogP contribution in [0.2, 0.25) is 0 Å². The molecule has 210 valence electrons. The fourth-order valence-electron chi connectivity index (χ4n) is 3.71. The Kier molecular flexibility index (Phi) is 13.0. The number of aliphatic carboxylic acids is 1. The molecule has 13 nitrogen and oxygen atoms in total. The van der Waals surface area contributed by atoms with Crippen LogP contribution in [0.4, 0.5) is 0 Å². The van der Waals surface area contributed by atoms with Crippen molar-refractivity contribution >= 4 is 35.5 Å². The molecule has 0 aromatic carbocycles. The zero-order valence-corrected chi connectivity index (χ0v) is 22.5. The van der Waals surface area contributed by atoms with Crippen molar-refractivity contribution in [3.63, 3.8) is 0 Å². The van der Waals surface area contributed by atoms with Crippen molar-refractivity contribution in [2.45, 2.75) is 91.0 Å². The molecule has 7 N–H and O–H groups in total. The van der Waals surface area contributed by atoms with Crippen molar-refractivity contribution in [2.75, 3.05) is 13.1 Å². The van der Waals surface area contributed by atoms with Gasteiger partial charge in [-0.15, -0.1) is 0 Å². The predicted molar refractivity (Wildman–Crippen MR) is 135 cm³/mol. The molecule has 0 aromatic rings. The fraction of sp³-hybridized carbons (Fsp3) is 0.750. The lowest BCUT2D eigenvalue weighted by Crippen LogP contribution is -2.58. The molecule has 0 aromatic heterocycles. The summed E-state index contributed by atoms with van der Waals surface area (Å²) in [6.45, 7) is 10.3. The number of rotatable bonds is 14. The summed E-state index contributed by atoms with van der Waals surface area (Å²) in [6, 6.07) is -4.29. The van der Waals surface area contributed by atoms with Gasteiger partial charge in [-0.05, 0) is 51.5 Å². The molecule has 0 bridgehead atoms. The lowest BCUT2D eigenvalue weighted by molar-refractivity contribution is -0.141. The van der Waals surface area contributed by atoms with Gasteiger partial charge in [0.15, 0.2) is 0 Å². The monoisotopic (exact) mass is 526 g/mol. The Balaban J connectivity index is 2.70. The van der Waals surface area contributed by atoms with E-state index in [2.05, 4.69) is 31.9 Å². The maximum absolute atomic E-state index is 12.9. The Morgan fingerprint density at radius 3 is 2.00 bits per heavy atom. The van der Waals surface area contributed by atoms with Gasteiger partial charge in [0.2, 0.25) is 29.5 Å². The first-order valence-corrected chi connectivity index (χ1v) is 12.7. The molecule has 1 heterocycles. The van der Waals surface area contributed by atoms with Gasteiger partial charge < -0.3 is 37.0 Å². The van der Waals surface area contributed by atoms with E-state index in [1.807, 2.05) is 13.8 Å². The Labute approximate surface area is 217 Å². The van der Waals surface area contributed by atoms with Crippen LogP contribution in [0.15, 0.2) is 0 Å². The number of hydrogen-bond acceptors (Lipinski definition) is 7. The van der Waals surface area contributed by atoms with E-state index in [1.54, 1.807) is 13.8 Å². The molecule has 0 spiro atoms. The van der Waals surface area contributed by atoms with Crippen molar-refractivity contribution in [1.82, 2.24) is 31.9 Å². The molecule has 5 atom stereocenters. The fourth-order valence-corrected chi connectivity index (χ4v) is 3.71. The average Bonchev–Trinajstić information content (AvgIpc) is 3.34. The second kappa shape index (κ2) is 15.1. The SMILES string of the molecule is CC(C)C[C@H](NC(=O)[C@@H]1CCCN1)C(=O)N[C@@H](C)C(=O)N[C@H](C(=O)NCC(=O)N[C@@H](C)C(=O)O)C(C)C. The first kappa shape index (κ1) is 31.8. The van der Waals surface area contributed by atoms with Crippen LogP contribution in [-0.2, 0) is 28.8 Å². The first-order valence-electron chi connectivity index (χ1n) is 12.7. The highest BCUT2D eigenvalue weighted by atomic mass is 16.4. The van der Waals surface area contributed by atoms with Gasteiger partial charge in [-0.2, -0.15) is 0 Å². The quantitative estimate of drug-likeness (QED) is 0.144. The molecule has 5 amide bonds. The van der Waals surface area contributed by atoms with Crippen LogP contribution in [0.25, 0.3) is 0 Å². The van der Waals surface area contributed by atoms with Crippen molar-refractivity contribution in [3.8, 4) is 0 Å². The van der Waals surface area contributed by atoms with Crippen molar-refractivity contribution in [3.05, 3.63) is 0 Å². The number of nitrogens with one attached hydrogen (secondary N) is 6. The summed E-state index contributed by atoms with van der Waals surface area (Å²) in [7, 11) is 0. The van der Waals surface area contributed by atoms with Crippen LogP contribution in [0, 0.1) is 11.8 Å². The molecule has 1 rings (SSSR count). The van der Waals surface area contributed by atoms with Gasteiger partial charge >= 0.3 is 5.97 Å². The largest absolute Gasteiger partial charge is 0.480 e. The highest BCUT2D eigenvalue weighted by molar-refractivity contribution is 5.95. The molecule has 1 saturated heterocycles. The van der Waals surface area contributed by atoms with Gasteiger partial charge in [-0.1, -0.05) is 27.7 Å². The molecular formula is C24H42N6O7. The number of hydrogen-bond donors (Lipinski definition) is 7. The smallest absolute Gasteiger partial charge is 0.325 e. The van der Waals surface area contributed by atoms with E-state index in [-0.39, 0.29) is 23.8 Å². The molecule has 37 heavy (non-hydrogen) atoms. The minimum Gasteiger partial charge on any atom is -0.480 e. The summed E-state index contributed by atoms with van der Waals surface area (Å²) in [4.78, 5) is 73.5. The molecular weight excluding hydrogens is 484 g/mol. The predicted octanol–water partition coefficient (Wildman–Crippen LogP) is -1.38. The standard InChI is InChI=1S/C24H42N6O7/c1-12(2)10-17(29-21(33)16-8-7-9-25-16)22(34)28-14(5)20(32)30-19(13(3)4)23(35)26-11-18(31)27-15(6)24(36)37/h12-17,19,25H,7-11H2,1-6H3,(H,26,35)(H,27,31)(H,28,34)(H,29,33)(H,30,32)(H,36,37)/t14-,15-,16-,17-,19-/m0/s1. The lowest BCUT2D eigenvalue weighted by atomic mass is 10.0. The molecule has 0 unspecified atom stereocenters. The minimum absolute atomic E-state index is 0.112. The highest BCUT2D eigenvalue weighted by Crippen LogP contribution is 2.09. The third kappa shape index (κ3) is 11.1. The third-order valence-electron chi connectivity index (χ3n) is 5.89. The lowest BCUT2D eigenvalue weighted by Gasteiger charge is -2.26. The van der Waals surface area contributed by atoms with Gasteiger partial charge in [-0.3, -0.25) is 28.8 Å². The molecule has 1 fully saturated rings. The zero-order chi connectivity index (χ0) is 28.3. The summed E-state index contributed by atoms with van der Waals surface area (Å²) in [5.74, 6) is -4.14. The molecule has 13 heteroatoms. The summed E-state index contributed by atoms with van der Waals surface area (Å²) in [5, 5.41) is 24.5. The Bertz CT molecular complexity index is 841. The van der Waals surface area contributed by atoms with E-state index >= 15 is 0 Å². The zero-order valence-electron chi connectivity index (χ0n) is 22.5. The number of carboxylic acid groups (broad SMARTS) is 1. The second-order valence-electron chi connectivity index (χ2n) is 10.1. The van der Waals surface area contributed by atoms with Gasteiger partial charge in [0.1, 0.15) is 24.2 Å². The topological polar surface area (TPSA) is 195 Å². The molecule has 1 aliphatic heterocycles. The summed E-state index contributed by atoms with van der Waals surface area (Å²) in [5.41, 5.74) is 0. The molecule has 0 radical (unpaired) electrons. The van der Waals surface area contributed by atoms with Crippen LogP contribution in [0.1, 0.15) is 60.8 Å². The molecule has 1 aliphatic rings. The van der Waals surface area contributed by atoms with E-state index in [4.69, 9.17) is 5.11 Å². The first-order chi connectivity index (χ1) is 17.2. The molecule has 0 saturated carbocycles. The van der Waals surface area contributed by atoms with Crippen LogP contribution >= 0.6 is 0 Å². The number of carboxylic acids is 1. The van der Waals surface area contributed by atoms with Crippen LogP contribution in [-0.4, -0.2) is 83.9 Å². The number of carbonyl (C=O) groups is 6. The normalized spacial score (nSPS) is 18.3. The van der Waals surface area contributed by atoms with Gasteiger partial charge in [0, 0.05) is 0 Å². The van der Waals surface area contributed by atoms with Gasteiger partial charge in [0.25, 0.3) is 0 Å². The maximum atomic E-state index is 12.9. The number of amides is 5. The summed E-state index contributed by atoms with van der Waals surface area (Å²) < 4.78 is 0. The third-order valence-corrected chi connectivity index (χ3v) is 5.89. The van der Waals surface area contributed by atoms with Crippen LogP contribution < -0.4 is 31.9 Å². The summed E-state index contributed by atoms with van der Waals surface area (Å²) in [6.07, 6.45) is 1.96. The van der Waals surface area contributed by atoms with Gasteiger partial charge in [0.05, 0.1) is 12.6 Å². The Morgan fingerprint density at radius 2 is 1.49 bits per heavy atom. The van der Waals surface area contributed by atoms with E-state index in [9.17, 15) is 28.8 Å². The van der Waals surface area contributed by atoms with Crippen LogP contribution in [0.5, 0.6) is 0 Å². The molecule has 0 aliphatic carbocycles. The van der Waals surface area contributed by atoms with Crippen molar-refractivity contribution in [2.24, 2.45) is 11.8 Å². The number of carbonyl (C=O) groups excluding carboxylic acids is 5. The Hall–Kier alpha value is -3.22. The van der Waals surface area contributed by atoms with E-state index in [1.165, 1.54) is 13.8 Å². The van der Waals surface area contributed by atoms with E-state index < -0.39 is 60.3 Å².